The molecule has 0 fully saturated rings. The Labute approximate surface area is 96.6 Å². The fraction of sp³-hybridized carbons (Fsp3) is 0.636. The lowest BCUT2D eigenvalue weighted by Crippen LogP contribution is -2.29. The van der Waals surface area contributed by atoms with Crippen LogP contribution in [-0.4, -0.2) is 36.2 Å². The normalized spacial score (nSPS) is 10.2. The fourth-order valence-corrected chi connectivity index (χ4v) is 1.38. The number of nitrogens with two attached hydrogens (primary N) is 1. The molecule has 1 heterocycles. The Hall–Kier alpha value is -1.36. The van der Waals surface area contributed by atoms with Gasteiger partial charge in [-0.15, -0.1) is 0 Å². The molecule has 1 rings (SSSR count). The van der Waals surface area contributed by atoms with Crippen molar-refractivity contribution in [3.8, 4) is 5.88 Å². The second kappa shape index (κ2) is 7.00. The van der Waals surface area contributed by atoms with E-state index in [9.17, 15) is 0 Å². The molecule has 0 spiro atoms. The maximum Gasteiger partial charge on any atom is 0.218 e. The Kier molecular flexibility index (Phi) is 5.56. The van der Waals surface area contributed by atoms with E-state index in [4.69, 9.17) is 10.5 Å². The van der Waals surface area contributed by atoms with Crippen LogP contribution in [0.4, 0.5) is 5.82 Å². The van der Waals surface area contributed by atoms with Gasteiger partial charge in [-0.3, -0.25) is 0 Å². The fourth-order valence-electron chi connectivity index (χ4n) is 1.38. The topological polar surface area (TPSA) is 64.3 Å². The van der Waals surface area contributed by atoms with Gasteiger partial charge in [0.1, 0.15) is 12.1 Å². The summed E-state index contributed by atoms with van der Waals surface area (Å²) >= 11 is 0. The van der Waals surface area contributed by atoms with Gasteiger partial charge in [0, 0.05) is 25.7 Å². The van der Waals surface area contributed by atoms with Crippen molar-refractivity contribution in [1.82, 2.24) is 9.97 Å². The zero-order chi connectivity index (χ0) is 11.8. The molecule has 0 saturated carbocycles. The molecule has 1 aromatic heterocycles. The minimum atomic E-state index is 0.614. The van der Waals surface area contributed by atoms with E-state index in [-0.39, 0.29) is 0 Å². The molecule has 0 aliphatic heterocycles. The third-order valence-electron chi connectivity index (χ3n) is 2.19. The van der Waals surface area contributed by atoms with E-state index < -0.39 is 0 Å². The van der Waals surface area contributed by atoms with Crippen LogP contribution in [0, 0.1) is 0 Å². The molecule has 0 aliphatic carbocycles. The molecule has 0 bridgehead atoms. The predicted molar refractivity (Wildman–Crippen MR) is 64.8 cm³/mol. The van der Waals surface area contributed by atoms with Crippen molar-refractivity contribution in [2.45, 2.75) is 20.3 Å². The molecule has 0 atom stereocenters. The number of aromatic nitrogens is 2. The third-order valence-corrected chi connectivity index (χ3v) is 2.19. The molecule has 0 unspecified atom stereocenters. The first-order valence-corrected chi connectivity index (χ1v) is 5.71. The number of hydrogen-bond acceptors (Lipinski definition) is 5. The second-order valence-corrected chi connectivity index (χ2v) is 3.43. The Morgan fingerprint density at radius 3 is 2.81 bits per heavy atom. The number of ether oxygens (including phenoxy) is 1. The first kappa shape index (κ1) is 12.7. The van der Waals surface area contributed by atoms with E-state index in [0.717, 1.165) is 25.3 Å². The molecule has 5 heteroatoms. The lowest BCUT2D eigenvalue weighted by Gasteiger charge is -2.20. The summed E-state index contributed by atoms with van der Waals surface area (Å²) in [5.41, 5.74) is 5.54. The Balaban J connectivity index is 2.71. The zero-order valence-corrected chi connectivity index (χ0v) is 10.0. The SMILES string of the molecule is CCCOc1cc(N(CC)CCN)ncn1. The van der Waals surface area contributed by atoms with Gasteiger partial charge in [0.2, 0.25) is 5.88 Å². The van der Waals surface area contributed by atoms with Gasteiger partial charge in [0.05, 0.1) is 6.61 Å². The molecule has 16 heavy (non-hydrogen) atoms. The van der Waals surface area contributed by atoms with Crippen LogP contribution in [-0.2, 0) is 0 Å². The lowest BCUT2D eigenvalue weighted by molar-refractivity contribution is 0.304. The van der Waals surface area contributed by atoms with Crippen molar-refractivity contribution in [2.75, 3.05) is 31.1 Å². The predicted octanol–water partition coefficient (Wildman–Crippen LogP) is 1.05. The van der Waals surface area contributed by atoms with E-state index in [2.05, 4.69) is 28.7 Å². The van der Waals surface area contributed by atoms with Crippen LogP contribution >= 0.6 is 0 Å². The van der Waals surface area contributed by atoms with E-state index >= 15 is 0 Å². The van der Waals surface area contributed by atoms with E-state index in [1.165, 1.54) is 6.33 Å². The number of rotatable bonds is 7. The van der Waals surface area contributed by atoms with E-state index in [1.54, 1.807) is 0 Å². The quantitative estimate of drug-likeness (QED) is 0.750. The highest BCUT2D eigenvalue weighted by Crippen LogP contribution is 2.15. The van der Waals surface area contributed by atoms with Crippen LogP contribution in [0.15, 0.2) is 12.4 Å². The molecule has 0 saturated heterocycles. The van der Waals surface area contributed by atoms with Crippen molar-refractivity contribution in [3.05, 3.63) is 12.4 Å². The molecule has 90 valence electrons. The summed E-state index contributed by atoms with van der Waals surface area (Å²) in [6.07, 6.45) is 2.50. The standard InChI is InChI=1S/C11H20N4O/c1-3-7-16-11-8-10(13-9-14-11)15(4-2)6-5-12/h8-9H,3-7,12H2,1-2H3. The molecule has 0 amide bonds. The minimum absolute atomic E-state index is 0.614. The van der Waals surface area contributed by atoms with Gasteiger partial charge < -0.3 is 15.4 Å². The Morgan fingerprint density at radius 2 is 2.19 bits per heavy atom. The minimum Gasteiger partial charge on any atom is -0.478 e. The highest BCUT2D eigenvalue weighted by Gasteiger charge is 2.06. The van der Waals surface area contributed by atoms with Crippen molar-refractivity contribution < 1.29 is 4.74 Å². The maximum atomic E-state index is 5.54. The van der Waals surface area contributed by atoms with Crippen LogP contribution in [0.3, 0.4) is 0 Å². The van der Waals surface area contributed by atoms with Crippen LogP contribution in [0.2, 0.25) is 0 Å². The largest absolute Gasteiger partial charge is 0.478 e. The van der Waals surface area contributed by atoms with Gasteiger partial charge >= 0.3 is 0 Å². The molecule has 0 aromatic carbocycles. The molecular weight excluding hydrogens is 204 g/mol. The number of nitrogens with zero attached hydrogens (tertiary/aromatic N) is 3. The van der Waals surface area contributed by atoms with Crippen LogP contribution in [0.1, 0.15) is 20.3 Å². The van der Waals surface area contributed by atoms with Crippen molar-refractivity contribution >= 4 is 5.82 Å². The molecule has 2 N–H and O–H groups in total. The van der Waals surface area contributed by atoms with Gasteiger partial charge in [0.25, 0.3) is 0 Å². The highest BCUT2D eigenvalue weighted by atomic mass is 16.5. The van der Waals surface area contributed by atoms with Gasteiger partial charge in [-0.25, -0.2) is 9.97 Å². The summed E-state index contributed by atoms with van der Waals surface area (Å²) in [6.45, 7) is 7.10. The maximum absolute atomic E-state index is 5.54. The molecule has 0 aliphatic rings. The van der Waals surface area contributed by atoms with Crippen LogP contribution in [0.5, 0.6) is 5.88 Å². The smallest absolute Gasteiger partial charge is 0.218 e. The molecular formula is C11H20N4O. The van der Waals surface area contributed by atoms with Crippen molar-refractivity contribution in [1.29, 1.82) is 0 Å². The first-order chi connectivity index (χ1) is 7.81. The molecule has 1 aromatic rings. The highest BCUT2D eigenvalue weighted by molar-refractivity contribution is 5.40. The van der Waals surface area contributed by atoms with Crippen LogP contribution in [0.25, 0.3) is 0 Å². The summed E-state index contributed by atoms with van der Waals surface area (Å²) in [6, 6.07) is 1.86. The average Bonchev–Trinajstić information content (AvgIpc) is 2.33. The van der Waals surface area contributed by atoms with Crippen LogP contribution < -0.4 is 15.4 Å². The lowest BCUT2D eigenvalue weighted by atomic mass is 10.4. The van der Waals surface area contributed by atoms with Gasteiger partial charge in [-0.05, 0) is 13.3 Å². The Bertz CT molecular complexity index is 306. The summed E-state index contributed by atoms with van der Waals surface area (Å²) in [4.78, 5) is 10.4. The monoisotopic (exact) mass is 224 g/mol. The summed E-state index contributed by atoms with van der Waals surface area (Å²) in [5.74, 6) is 1.50. The van der Waals surface area contributed by atoms with E-state index in [0.29, 0.717) is 19.0 Å². The molecule has 0 radical (unpaired) electrons. The first-order valence-electron chi connectivity index (χ1n) is 5.71. The van der Waals surface area contributed by atoms with Gasteiger partial charge in [-0.2, -0.15) is 0 Å². The van der Waals surface area contributed by atoms with Crippen molar-refractivity contribution in [2.24, 2.45) is 5.73 Å². The van der Waals surface area contributed by atoms with Gasteiger partial charge in [0.15, 0.2) is 0 Å². The number of hydrogen-bond donors (Lipinski definition) is 1. The summed E-state index contributed by atoms with van der Waals surface area (Å²) < 4.78 is 5.46. The van der Waals surface area contributed by atoms with E-state index in [1.807, 2.05) is 6.07 Å². The number of anilines is 1. The summed E-state index contributed by atoms with van der Waals surface area (Å²) in [5, 5.41) is 0. The number of likely N-dealkylation sites (N-methyl/N-ethyl adjacent to an activating group) is 1. The molecule has 5 nitrogen and oxygen atoms in total. The zero-order valence-electron chi connectivity index (χ0n) is 10.0. The Morgan fingerprint density at radius 1 is 1.38 bits per heavy atom. The second-order valence-electron chi connectivity index (χ2n) is 3.43. The average molecular weight is 224 g/mol. The summed E-state index contributed by atoms with van der Waals surface area (Å²) in [7, 11) is 0. The van der Waals surface area contributed by atoms with Crippen molar-refractivity contribution in [3.63, 3.8) is 0 Å². The van der Waals surface area contributed by atoms with Gasteiger partial charge in [-0.1, -0.05) is 6.92 Å². The third kappa shape index (κ3) is 3.66.